The molecule has 38 valence electrons. The van der Waals surface area contributed by atoms with E-state index in [0.29, 0.717) is 0 Å². The summed E-state index contributed by atoms with van der Waals surface area (Å²) in [6.07, 6.45) is 0. The lowest BCUT2D eigenvalue weighted by Crippen LogP contribution is -2.00. The zero-order valence-corrected chi connectivity index (χ0v) is 3.59. The minimum Gasteiger partial charge on any atom is -0.311 e. The van der Waals surface area contributed by atoms with Gasteiger partial charge in [-0.15, -0.1) is 5.25 Å². The second-order valence-electron chi connectivity index (χ2n) is 0.644. The van der Waals surface area contributed by atoms with Gasteiger partial charge >= 0.3 is 7.75 Å². The van der Waals surface area contributed by atoms with Crippen molar-refractivity contribution >= 4 is 7.75 Å². The molecule has 0 rings (SSSR count). The molecule has 0 aliphatic rings. The summed E-state index contributed by atoms with van der Waals surface area (Å²) < 4.78 is 9.33. The summed E-state index contributed by atoms with van der Waals surface area (Å²) in [5.41, 5.74) is 0. The van der Waals surface area contributed by atoms with E-state index < -0.39 is 7.75 Å². The van der Waals surface area contributed by atoms with Crippen molar-refractivity contribution in [3.8, 4) is 0 Å². The summed E-state index contributed by atoms with van der Waals surface area (Å²) in [4.78, 5) is 15.2. The summed E-state index contributed by atoms with van der Waals surface area (Å²) in [6, 6.07) is 0. The van der Waals surface area contributed by atoms with Crippen molar-refractivity contribution in [2.75, 3.05) is 0 Å². The van der Waals surface area contributed by atoms with E-state index in [0.717, 1.165) is 5.25 Å². The van der Waals surface area contributed by atoms with E-state index in [2.05, 4.69) is 0 Å². The van der Waals surface area contributed by atoms with E-state index >= 15 is 0 Å². The molecule has 0 amide bonds. The summed E-state index contributed by atoms with van der Waals surface area (Å²) in [5.74, 6) is 0. The van der Waals surface area contributed by atoms with Gasteiger partial charge in [0.25, 0.3) is 0 Å². The van der Waals surface area contributed by atoms with Gasteiger partial charge in [0, 0.05) is 0 Å². The molecule has 0 fully saturated rings. The lowest BCUT2D eigenvalue weighted by molar-refractivity contribution is 0.194. The number of hydrogen-bond acceptors (Lipinski definition) is 2. The standard InChI is InChI=1S/H4NO4P/c2-1-6(3,4)5/h2H,(H3,1,3,4,5). The average molecular weight is 113 g/mol. The molecule has 0 saturated heterocycles. The molecule has 0 aliphatic heterocycles. The second-order valence-corrected chi connectivity index (χ2v) is 1.93. The van der Waals surface area contributed by atoms with Crippen LogP contribution in [-0.4, -0.2) is 15.0 Å². The van der Waals surface area contributed by atoms with Crippen LogP contribution in [0.25, 0.3) is 0 Å². The highest BCUT2D eigenvalue weighted by Gasteiger charge is 2.06. The Morgan fingerprint density at radius 1 is 1.50 bits per heavy atom. The smallest absolute Gasteiger partial charge is 0.311 e. The molecule has 0 bridgehead atoms. The molecular weight excluding hydrogens is 109 g/mol. The predicted molar refractivity (Wildman–Crippen MR) is 17.0 cm³/mol. The molecule has 0 saturated carbocycles. The van der Waals surface area contributed by atoms with Gasteiger partial charge in [-0.2, -0.15) is 0 Å². The average Bonchev–Trinajstić information content (AvgIpc) is 1.35. The lowest BCUT2D eigenvalue weighted by Gasteiger charge is -1.93. The lowest BCUT2D eigenvalue weighted by atomic mass is 13.5. The third-order valence-corrected chi connectivity index (χ3v) is 0.391. The fourth-order valence-corrected chi connectivity index (χ4v) is 0. The SMILES string of the molecule is O=P(O)(O)NO. The predicted octanol–water partition coefficient (Wildman–Crippen LogP) is -0.942. The highest BCUT2D eigenvalue weighted by molar-refractivity contribution is 7.49. The van der Waals surface area contributed by atoms with Crippen LogP contribution in [0, 0.1) is 0 Å². The number of nitrogens with one attached hydrogen (secondary N) is 1. The maximum absolute atomic E-state index is 9.33. The molecule has 0 spiro atoms. The normalized spacial score (nSPS) is 11.8. The minimum absolute atomic E-state index is 0.771. The zero-order chi connectivity index (χ0) is 5.21. The molecule has 0 aliphatic carbocycles. The van der Waals surface area contributed by atoms with Crippen LogP contribution in [0.5, 0.6) is 0 Å². The third-order valence-electron chi connectivity index (χ3n) is 0.130. The monoisotopic (exact) mass is 113 g/mol. The van der Waals surface area contributed by atoms with Gasteiger partial charge in [-0.25, -0.2) is 4.57 Å². The maximum atomic E-state index is 9.33. The Bertz CT molecular complexity index is 71.6. The molecule has 0 unspecified atom stereocenters. The van der Waals surface area contributed by atoms with Crippen molar-refractivity contribution < 1.29 is 19.6 Å². The van der Waals surface area contributed by atoms with Crippen molar-refractivity contribution in [3.05, 3.63) is 0 Å². The Balaban J connectivity index is 3.48. The Hall–Kier alpha value is 0.0700. The Morgan fingerprint density at radius 3 is 1.67 bits per heavy atom. The van der Waals surface area contributed by atoms with Crippen LogP contribution in [0.1, 0.15) is 0 Å². The van der Waals surface area contributed by atoms with Crippen LogP contribution in [-0.2, 0) is 4.57 Å². The van der Waals surface area contributed by atoms with Crippen LogP contribution < -0.4 is 5.25 Å². The first-order valence-corrected chi connectivity index (χ1v) is 2.64. The molecule has 4 N–H and O–H groups in total. The summed E-state index contributed by atoms with van der Waals surface area (Å²) in [7, 11) is -4.34. The van der Waals surface area contributed by atoms with Crippen LogP contribution in [0.3, 0.4) is 0 Å². The Morgan fingerprint density at radius 2 is 1.67 bits per heavy atom. The quantitative estimate of drug-likeness (QED) is 0.260. The highest BCUT2D eigenvalue weighted by Crippen LogP contribution is 2.25. The second kappa shape index (κ2) is 1.68. The fraction of sp³-hybridized carbons (Fsp3) is 0. The summed E-state index contributed by atoms with van der Waals surface area (Å²) in [6.45, 7) is 0. The van der Waals surface area contributed by atoms with E-state index in [1.165, 1.54) is 0 Å². The van der Waals surface area contributed by atoms with Crippen molar-refractivity contribution in [3.63, 3.8) is 0 Å². The number of hydrogen-bond donors (Lipinski definition) is 4. The van der Waals surface area contributed by atoms with Gasteiger partial charge < -0.3 is 15.0 Å². The molecule has 6 heavy (non-hydrogen) atoms. The van der Waals surface area contributed by atoms with Gasteiger partial charge in [0.2, 0.25) is 0 Å². The zero-order valence-electron chi connectivity index (χ0n) is 2.70. The minimum atomic E-state index is -4.34. The van der Waals surface area contributed by atoms with E-state index in [-0.39, 0.29) is 0 Å². The van der Waals surface area contributed by atoms with Gasteiger partial charge in [0.15, 0.2) is 0 Å². The van der Waals surface area contributed by atoms with Gasteiger partial charge in [0.1, 0.15) is 0 Å². The largest absolute Gasteiger partial charge is 0.423 e. The fourth-order valence-electron chi connectivity index (χ4n) is 0. The molecule has 6 heteroatoms. The van der Waals surface area contributed by atoms with Crippen LogP contribution in [0.15, 0.2) is 0 Å². The first kappa shape index (κ1) is 6.07. The molecule has 0 heterocycles. The highest BCUT2D eigenvalue weighted by atomic mass is 31.2. The molecule has 0 aromatic heterocycles. The molecule has 5 nitrogen and oxygen atoms in total. The summed E-state index contributed by atoms with van der Waals surface area (Å²) in [5, 5.41) is 8.16. The summed E-state index contributed by atoms with van der Waals surface area (Å²) >= 11 is 0. The van der Waals surface area contributed by atoms with Gasteiger partial charge in [-0.3, -0.25) is 0 Å². The topological polar surface area (TPSA) is 89.8 Å². The van der Waals surface area contributed by atoms with Crippen LogP contribution in [0.2, 0.25) is 0 Å². The van der Waals surface area contributed by atoms with E-state index in [1.54, 1.807) is 0 Å². The van der Waals surface area contributed by atoms with Gasteiger partial charge in [-0.05, 0) is 0 Å². The van der Waals surface area contributed by atoms with Crippen molar-refractivity contribution in [1.82, 2.24) is 5.25 Å². The molecule has 0 aromatic carbocycles. The molecule has 0 radical (unpaired) electrons. The van der Waals surface area contributed by atoms with E-state index in [1.807, 2.05) is 0 Å². The maximum Gasteiger partial charge on any atom is 0.423 e. The van der Waals surface area contributed by atoms with Gasteiger partial charge in [0.05, 0.1) is 0 Å². The molecule has 0 aromatic rings. The van der Waals surface area contributed by atoms with Crippen molar-refractivity contribution in [2.45, 2.75) is 0 Å². The first-order valence-electron chi connectivity index (χ1n) is 1.03. The van der Waals surface area contributed by atoms with Crippen molar-refractivity contribution in [2.24, 2.45) is 0 Å². The number of rotatable bonds is 1. The third kappa shape index (κ3) is 4.07. The Kier molecular flexibility index (Phi) is 1.70. The Labute approximate surface area is 33.8 Å². The van der Waals surface area contributed by atoms with Crippen LogP contribution in [0.4, 0.5) is 0 Å². The first-order chi connectivity index (χ1) is 2.56. The van der Waals surface area contributed by atoms with E-state index in [4.69, 9.17) is 15.0 Å². The van der Waals surface area contributed by atoms with Crippen molar-refractivity contribution in [1.29, 1.82) is 0 Å². The van der Waals surface area contributed by atoms with Crippen LogP contribution >= 0.6 is 7.75 Å². The van der Waals surface area contributed by atoms with Gasteiger partial charge in [-0.1, -0.05) is 0 Å². The molecular formula is H4NO4P. The van der Waals surface area contributed by atoms with E-state index in [9.17, 15) is 4.57 Å². The molecule has 0 atom stereocenters.